The lowest BCUT2D eigenvalue weighted by Crippen LogP contribution is -2.44. The highest BCUT2D eigenvalue weighted by Crippen LogP contribution is 2.33. The highest BCUT2D eigenvalue weighted by Gasteiger charge is 2.32. The van der Waals surface area contributed by atoms with Crippen molar-refractivity contribution in [2.75, 3.05) is 27.6 Å². The Balaban J connectivity index is 1.99. The Morgan fingerprint density at radius 1 is 1.35 bits per heavy atom. The lowest BCUT2D eigenvalue weighted by molar-refractivity contribution is -0.141. The number of amides is 1. The number of fused-ring (bicyclic) bond motifs is 1. The van der Waals surface area contributed by atoms with Crippen LogP contribution < -0.4 is 9.47 Å². The van der Waals surface area contributed by atoms with Gasteiger partial charge in [-0.1, -0.05) is 19.9 Å². The molecular formula is C18H27NO4. The summed E-state index contributed by atoms with van der Waals surface area (Å²) in [6, 6.07) is 6.05. The maximum Gasteiger partial charge on any atom is 0.231 e. The topological polar surface area (TPSA) is 48.0 Å². The van der Waals surface area contributed by atoms with Crippen LogP contribution in [0.2, 0.25) is 0 Å². The minimum atomic E-state index is -0.423. The molecule has 0 bridgehead atoms. The van der Waals surface area contributed by atoms with Gasteiger partial charge in [0.2, 0.25) is 12.7 Å². The summed E-state index contributed by atoms with van der Waals surface area (Å²) in [6.07, 6.45) is 1.49. The van der Waals surface area contributed by atoms with Gasteiger partial charge in [0.25, 0.3) is 0 Å². The standard InChI is InChI=1S/C18H27NO4/c1-13(19(4)17(20)18(2,3)8-9-21-5)10-14-6-7-15-16(11-14)23-12-22-15/h6-7,11,13H,8-10,12H2,1-5H3. The van der Waals surface area contributed by atoms with Gasteiger partial charge in [0.15, 0.2) is 11.5 Å². The highest BCUT2D eigenvalue weighted by molar-refractivity contribution is 5.82. The second-order valence-corrected chi connectivity index (χ2v) is 6.78. The van der Waals surface area contributed by atoms with Gasteiger partial charge in [-0.05, 0) is 37.5 Å². The van der Waals surface area contributed by atoms with Crippen molar-refractivity contribution < 1.29 is 19.0 Å². The molecule has 1 aromatic carbocycles. The van der Waals surface area contributed by atoms with Crippen LogP contribution in [-0.4, -0.2) is 44.4 Å². The number of hydrogen-bond acceptors (Lipinski definition) is 4. The lowest BCUT2D eigenvalue weighted by atomic mass is 9.87. The van der Waals surface area contributed by atoms with E-state index in [0.717, 1.165) is 23.5 Å². The SMILES string of the molecule is COCCC(C)(C)C(=O)N(C)C(C)Cc1ccc2c(c1)OCO2. The van der Waals surface area contributed by atoms with Gasteiger partial charge in [-0.2, -0.15) is 0 Å². The highest BCUT2D eigenvalue weighted by atomic mass is 16.7. The molecule has 0 spiro atoms. The molecule has 0 N–H and O–H groups in total. The van der Waals surface area contributed by atoms with E-state index < -0.39 is 5.41 Å². The Labute approximate surface area is 138 Å². The van der Waals surface area contributed by atoms with Crippen LogP contribution in [0.3, 0.4) is 0 Å². The molecule has 1 aromatic rings. The third kappa shape index (κ3) is 4.16. The number of likely N-dealkylation sites (N-methyl/N-ethyl adjacent to an activating group) is 1. The molecule has 5 nitrogen and oxygen atoms in total. The summed E-state index contributed by atoms with van der Waals surface area (Å²) in [4.78, 5) is 14.5. The van der Waals surface area contributed by atoms with Gasteiger partial charge < -0.3 is 19.1 Å². The number of benzene rings is 1. The van der Waals surface area contributed by atoms with Crippen molar-refractivity contribution in [3.63, 3.8) is 0 Å². The van der Waals surface area contributed by atoms with E-state index in [2.05, 4.69) is 6.92 Å². The molecule has 0 aliphatic carbocycles. The zero-order valence-corrected chi connectivity index (χ0v) is 14.7. The van der Waals surface area contributed by atoms with Crippen LogP contribution in [0.25, 0.3) is 0 Å². The molecule has 1 heterocycles. The van der Waals surface area contributed by atoms with Gasteiger partial charge >= 0.3 is 0 Å². The van der Waals surface area contributed by atoms with Crippen LogP contribution in [0.4, 0.5) is 0 Å². The molecule has 128 valence electrons. The van der Waals surface area contributed by atoms with Gasteiger partial charge in [0.05, 0.1) is 0 Å². The Morgan fingerprint density at radius 3 is 2.74 bits per heavy atom. The van der Waals surface area contributed by atoms with Gasteiger partial charge in [0.1, 0.15) is 0 Å². The second-order valence-electron chi connectivity index (χ2n) is 6.78. The Bertz CT molecular complexity index is 556. The zero-order chi connectivity index (χ0) is 17.0. The molecule has 1 unspecified atom stereocenters. The monoisotopic (exact) mass is 321 g/mol. The Morgan fingerprint density at radius 2 is 2.04 bits per heavy atom. The maximum atomic E-state index is 12.7. The van der Waals surface area contributed by atoms with Crippen molar-refractivity contribution >= 4 is 5.91 Å². The largest absolute Gasteiger partial charge is 0.454 e. The summed E-state index contributed by atoms with van der Waals surface area (Å²) in [6.45, 7) is 6.87. The summed E-state index contributed by atoms with van der Waals surface area (Å²) >= 11 is 0. The molecular weight excluding hydrogens is 294 g/mol. The quantitative estimate of drug-likeness (QED) is 0.775. The molecule has 5 heteroatoms. The number of hydrogen-bond donors (Lipinski definition) is 0. The van der Waals surface area contributed by atoms with Gasteiger partial charge in [-0.15, -0.1) is 0 Å². The third-order valence-corrected chi connectivity index (χ3v) is 4.46. The van der Waals surface area contributed by atoms with Crippen molar-refractivity contribution in [2.24, 2.45) is 5.41 Å². The van der Waals surface area contributed by atoms with Crippen LogP contribution in [-0.2, 0) is 16.0 Å². The van der Waals surface area contributed by atoms with Crippen LogP contribution in [0.1, 0.15) is 32.8 Å². The van der Waals surface area contributed by atoms with Gasteiger partial charge in [-0.3, -0.25) is 4.79 Å². The first-order valence-corrected chi connectivity index (χ1v) is 8.00. The molecule has 0 aromatic heterocycles. The predicted octanol–water partition coefficient (Wildman–Crippen LogP) is 2.87. The van der Waals surface area contributed by atoms with Crippen molar-refractivity contribution in [2.45, 2.75) is 39.7 Å². The maximum absolute atomic E-state index is 12.7. The molecule has 23 heavy (non-hydrogen) atoms. The van der Waals surface area contributed by atoms with Gasteiger partial charge in [0, 0.05) is 32.2 Å². The fraction of sp³-hybridized carbons (Fsp3) is 0.611. The van der Waals surface area contributed by atoms with Crippen LogP contribution in [0, 0.1) is 5.41 Å². The molecule has 0 radical (unpaired) electrons. The van der Waals surface area contributed by atoms with E-state index in [1.54, 1.807) is 7.11 Å². The van der Waals surface area contributed by atoms with E-state index in [-0.39, 0.29) is 18.7 Å². The van der Waals surface area contributed by atoms with E-state index in [1.165, 1.54) is 0 Å². The normalized spacial score (nSPS) is 14.7. The van der Waals surface area contributed by atoms with Gasteiger partial charge in [-0.25, -0.2) is 0 Å². The summed E-state index contributed by atoms with van der Waals surface area (Å²) < 4.78 is 15.8. The van der Waals surface area contributed by atoms with Crippen LogP contribution >= 0.6 is 0 Å². The second kappa shape index (κ2) is 7.21. The van der Waals surface area contributed by atoms with Crippen molar-refractivity contribution in [3.8, 4) is 11.5 Å². The predicted molar refractivity (Wildman–Crippen MR) is 88.8 cm³/mol. The molecule has 1 atom stereocenters. The number of methoxy groups -OCH3 is 1. The summed E-state index contributed by atoms with van der Waals surface area (Å²) in [7, 11) is 3.53. The molecule has 1 aliphatic heterocycles. The van der Waals surface area contributed by atoms with E-state index in [4.69, 9.17) is 14.2 Å². The van der Waals surface area contributed by atoms with Crippen LogP contribution in [0.5, 0.6) is 11.5 Å². The minimum absolute atomic E-state index is 0.102. The number of nitrogens with zero attached hydrogens (tertiary/aromatic N) is 1. The first-order chi connectivity index (χ1) is 10.8. The number of carbonyl (C=O) groups excluding carboxylic acids is 1. The molecule has 1 amide bonds. The summed E-state index contributed by atoms with van der Waals surface area (Å²) in [5.41, 5.74) is 0.713. The van der Waals surface area contributed by atoms with Crippen molar-refractivity contribution in [1.29, 1.82) is 0 Å². The summed E-state index contributed by atoms with van der Waals surface area (Å²) in [5, 5.41) is 0. The molecule has 0 fully saturated rings. The smallest absolute Gasteiger partial charge is 0.231 e. The lowest BCUT2D eigenvalue weighted by Gasteiger charge is -2.33. The molecule has 2 rings (SSSR count). The molecule has 0 saturated heterocycles. The average molecular weight is 321 g/mol. The molecule has 1 aliphatic rings. The Hall–Kier alpha value is -1.75. The first-order valence-electron chi connectivity index (χ1n) is 8.00. The summed E-state index contributed by atoms with van der Waals surface area (Å²) in [5.74, 6) is 1.71. The van der Waals surface area contributed by atoms with E-state index in [9.17, 15) is 4.79 Å². The number of carbonyl (C=O) groups is 1. The van der Waals surface area contributed by atoms with Crippen molar-refractivity contribution in [1.82, 2.24) is 4.90 Å². The van der Waals surface area contributed by atoms with E-state index in [1.807, 2.05) is 44.0 Å². The van der Waals surface area contributed by atoms with E-state index in [0.29, 0.717) is 13.0 Å². The minimum Gasteiger partial charge on any atom is -0.454 e. The number of ether oxygens (including phenoxy) is 3. The van der Waals surface area contributed by atoms with Crippen LogP contribution in [0.15, 0.2) is 18.2 Å². The molecule has 0 saturated carbocycles. The van der Waals surface area contributed by atoms with Crippen molar-refractivity contribution in [3.05, 3.63) is 23.8 Å². The number of rotatable bonds is 7. The fourth-order valence-electron chi connectivity index (χ4n) is 2.69. The third-order valence-electron chi connectivity index (χ3n) is 4.46. The average Bonchev–Trinajstić information content (AvgIpc) is 2.99. The first kappa shape index (κ1) is 17.6. The fourth-order valence-corrected chi connectivity index (χ4v) is 2.69. The zero-order valence-electron chi connectivity index (χ0n) is 14.7. The Kier molecular flexibility index (Phi) is 5.52. The van der Waals surface area contributed by atoms with E-state index >= 15 is 0 Å².